The van der Waals surface area contributed by atoms with Gasteiger partial charge < -0.3 is 16.2 Å². The van der Waals surface area contributed by atoms with Gasteiger partial charge in [-0.05, 0) is 19.8 Å². The van der Waals surface area contributed by atoms with Crippen molar-refractivity contribution in [3.05, 3.63) is 0 Å². The van der Waals surface area contributed by atoms with Crippen molar-refractivity contribution in [2.75, 3.05) is 6.54 Å². The largest absolute Gasteiger partial charge is 0.481 e. The lowest BCUT2D eigenvalue weighted by Gasteiger charge is -2.12. The molecule has 1 amide bonds. The highest BCUT2D eigenvalue weighted by atomic mass is 16.4. The van der Waals surface area contributed by atoms with Crippen molar-refractivity contribution < 1.29 is 14.7 Å². The second-order valence-corrected chi connectivity index (χ2v) is 3.59. The number of nitrogens with two attached hydrogens (primary N) is 1. The van der Waals surface area contributed by atoms with E-state index in [-0.39, 0.29) is 12.5 Å². The van der Waals surface area contributed by atoms with Gasteiger partial charge in [0.25, 0.3) is 0 Å². The molecule has 0 unspecified atom stereocenters. The molecule has 0 heterocycles. The van der Waals surface area contributed by atoms with Gasteiger partial charge in [-0.1, -0.05) is 0 Å². The smallest absolute Gasteiger partial charge is 0.311 e. The van der Waals surface area contributed by atoms with E-state index in [1.807, 2.05) is 0 Å². The van der Waals surface area contributed by atoms with Crippen molar-refractivity contribution in [2.24, 2.45) is 11.1 Å². The van der Waals surface area contributed by atoms with Crippen LogP contribution in [0.15, 0.2) is 0 Å². The maximum absolute atomic E-state index is 11.0. The monoisotopic (exact) mass is 186 g/mol. The first kappa shape index (κ1) is 9.98. The van der Waals surface area contributed by atoms with Crippen molar-refractivity contribution in [1.82, 2.24) is 5.32 Å². The predicted molar refractivity (Wildman–Crippen MR) is 46.0 cm³/mol. The van der Waals surface area contributed by atoms with E-state index in [9.17, 15) is 9.59 Å². The molecule has 1 rings (SSSR count). The second-order valence-electron chi connectivity index (χ2n) is 3.59. The van der Waals surface area contributed by atoms with E-state index < -0.39 is 17.4 Å². The molecule has 1 fully saturated rings. The van der Waals surface area contributed by atoms with Crippen molar-refractivity contribution in [3.63, 3.8) is 0 Å². The lowest BCUT2D eigenvalue weighted by molar-refractivity contribution is -0.143. The molecule has 0 bridgehead atoms. The van der Waals surface area contributed by atoms with Gasteiger partial charge in [-0.2, -0.15) is 0 Å². The minimum Gasteiger partial charge on any atom is -0.481 e. The maximum Gasteiger partial charge on any atom is 0.311 e. The summed E-state index contributed by atoms with van der Waals surface area (Å²) in [7, 11) is 0. The number of carbonyl (C=O) groups excluding carboxylic acids is 1. The lowest BCUT2D eigenvalue weighted by Crippen LogP contribution is -2.42. The molecular weight excluding hydrogens is 172 g/mol. The third-order valence-electron chi connectivity index (χ3n) is 2.32. The van der Waals surface area contributed by atoms with Crippen molar-refractivity contribution in [1.29, 1.82) is 0 Å². The summed E-state index contributed by atoms with van der Waals surface area (Å²) in [5.41, 5.74) is 4.60. The number of carboxylic acid groups (broad SMARTS) is 1. The average molecular weight is 186 g/mol. The van der Waals surface area contributed by atoms with Crippen LogP contribution in [0.3, 0.4) is 0 Å². The molecule has 1 saturated carbocycles. The Balaban J connectivity index is 2.35. The number of hydrogen-bond donors (Lipinski definition) is 3. The molecular formula is C8H14N2O3. The van der Waals surface area contributed by atoms with Gasteiger partial charge in [0.1, 0.15) is 0 Å². The Bertz CT molecular complexity index is 234. The molecule has 0 saturated heterocycles. The zero-order chi connectivity index (χ0) is 10.1. The highest BCUT2D eigenvalue weighted by molar-refractivity contribution is 5.83. The zero-order valence-corrected chi connectivity index (χ0v) is 7.54. The second kappa shape index (κ2) is 3.33. The van der Waals surface area contributed by atoms with E-state index in [0.717, 1.165) is 0 Å². The summed E-state index contributed by atoms with van der Waals surface area (Å²) in [5, 5.41) is 11.3. The van der Waals surface area contributed by atoms with Crippen molar-refractivity contribution >= 4 is 11.9 Å². The molecule has 74 valence electrons. The molecule has 5 heteroatoms. The van der Waals surface area contributed by atoms with E-state index in [1.165, 1.54) is 0 Å². The molecule has 0 aromatic heterocycles. The van der Waals surface area contributed by atoms with Gasteiger partial charge in [0.2, 0.25) is 5.91 Å². The van der Waals surface area contributed by atoms with Crippen LogP contribution in [-0.4, -0.2) is 29.6 Å². The number of aliphatic carboxylic acids is 1. The van der Waals surface area contributed by atoms with E-state index in [2.05, 4.69) is 5.32 Å². The molecule has 0 aliphatic heterocycles. The van der Waals surface area contributed by atoms with Crippen LogP contribution in [0.1, 0.15) is 19.8 Å². The summed E-state index contributed by atoms with van der Waals surface area (Å²) >= 11 is 0. The Kier molecular flexibility index (Phi) is 2.56. The zero-order valence-electron chi connectivity index (χ0n) is 7.54. The number of nitrogens with one attached hydrogen (secondary N) is 1. The number of hydrogen-bond acceptors (Lipinski definition) is 3. The van der Waals surface area contributed by atoms with Crippen LogP contribution in [0, 0.1) is 5.41 Å². The molecule has 4 N–H and O–H groups in total. The Morgan fingerprint density at radius 3 is 2.46 bits per heavy atom. The van der Waals surface area contributed by atoms with Gasteiger partial charge in [-0.3, -0.25) is 9.59 Å². The quantitative estimate of drug-likeness (QED) is 0.542. The standard InChI is InChI=1S/C8H14N2O3/c1-5(9)6(11)10-4-8(2-3-8)7(12)13/h5H,2-4,9H2,1H3,(H,10,11)(H,12,13)/t5-/m1/s1. The molecule has 5 nitrogen and oxygen atoms in total. The number of rotatable bonds is 4. The van der Waals surface area contributed by atoms with Gasteiger partial charge in [0.15, 0.2) is 0 Å². The number of carbonyl (C=O) groups is 2. The first-order valence-electron chi connectivity index (χ1n) is 4.25. The molecule has 0 aromatic rings. The van der Waals surface area contributed by atoms with Crippen molar-refractivity contribution in [3.8, 4) is 0 Å². The molecule has 0 spiro atoms. The molecule has 1 aliphatic carbocycles. The van der Waals surface area contributed by atoms with Crippen LogP contribution in [-0.2, 0) is 9.59 Å². The normalized spacial score (nSPS) is 20.5. The van der Waals surface area contributed by atoms with Crippen LogP contribution in [0.25, 0.3) is 0 Å². The Morgan fingerprint density at radius 2 is 2.15 bits per heavy atom. The van der Waals surface area contributed by atoms with Gasteiger partial charge in [0.05, 0.1) is 11.5 Å². The summed E-state index contributed by atoms with van der Waals surface area (Å²) in [6, 6.07) is -0.579. The van der Waals surface area contributed by atoms with Gasteiger partial charge in [0, 0.05) is 6.54 Å². The summed E-state index contributed by atoms with van der Waals surface area (Å²) in [4.78, 5) is 21.7. The first-order valence-corrected chi connectivity index (χ1v) is 4.25. The van der Waals surface area contributed by atoms with Crippen LogP contribution in [0.5, 0.6) is 0 Å². The Hall–Kier alpha value is -1.10. The molecule has 0 aromatic carbocycles. The molecule has 1 aliphatic rings. The fraction of sp³-hybridized carbons (Fsp3) is 0.750. The van der Waals surface area contributed by atoms with Crippen LogP contribution in [0.2, 0.25) is 0 Å². The SMILES string of the molecule is C[C@@H](N)C(=O)NCC1(C(=O)O)CC1. The van der Waals surface area contributed by atoms with Crippen LogP contribution in [0.4, 0.5) is 0 Å². The summed E-state index contributed by atoms with van der Waals surface area (Å²) in [6.45, 7) is 1.76. The predicted octanol–water partition coefficient (Wildman–Crippen LogP) is -0.685. The third-order valence-corrected chi connectivity index (χ3v) is 2.32. The fourth-order valence-corrected chi connectivity index (χ4v) is 1.03. The fourth-order valence-electron chi connectivity index (χ4n) is 1.03. The highest BCUT2D eigenvalue weighted by Crippen LogP contribution is 2.45. The van der Waals surface area contributed by atoms with Gasteiger partial charge in [-0.15, -0.1) is 0 Å². The van der Waals surface area contributed by atoms with E-state index in [1.54, 1.807) is 6.92 Å². The summed E-state index contributed by atoms with van der Waals surface area (Å²) < 4.78 is 0. The van der Waals surface area contributed by atoms with Gasteiger partial charge in [-0.25, -0.2) is 0 Å². The topological polar surface area (TPSA) is 92.4 Å². The minimum atomic E-state index is -0.836. The summed E-state index contributed by atoms with van der Waals surface area (Å²) in [6.07, 6.45) is 1.28. The van der Waals surface area contributed by atoms with Gasteiger partial charge >= 0.3 is 5.97 Å². The van der Waals surface area contributed by atoms with Crippen LogP contribution >= 0.6 is 0 Å². The summed E-state index contributed by atoms with van der Waals surface area (Å²) in [5.74, 6) is -1.13. The van der Waals surface area contributed by atoms with E-state index in [0.29, 0.717) is 12.8 Å². The first-order chi connectivity index (χ1) is 5.98. The van der Waals surface area contributed by atoms with E-state index in [4.69, 9.17) is 10.8 Å². The molecule has 0 radical (unpaired) electrons. The van der Waals surface area contributed by atoms with E-state index >= 15 is 0 Å². The van der Waals surface area contributed by atoms with Crippen LogP contribution < -0.4 is 11.1 Å². The minimum absolute atomic E-state index is 0.197. The lowest BCUT2D eigenvalue weighted by atomic mass is 10.1. The number of carboxylic acids is 1. The third kappa shape index (κ3) is 2.18. The maximum atomic E-state index is 11.0. The van der Waals surface area contributed by atoms with Crippen molar-refractivity contribution in [2.45, 2.75) is 25.8 Å². The molecule has 13 heavy (non-hydrogen) atoms. The Labute approximate surface area is 76.3 Å². The molecule has 1 atom stereocenters. The average Bonchev–Trinajstić information content (AvgIpc) is 2.80. The Morgan fingerprint density at radius 1 is 1.62 bits per heavy atom. The number of amides is 1. The highest BCUT2D eigenvalue weighted by Gasteiger charge is 2.50.